The Bertz CT molecular complexity index is 185. The van der Waals surface area contributed by atoms with Gasteiger partial charge >= 0.3 is 0 Å². The predicted molar refractivity (Wildman–Crippen MR) is 62.0 cm³/mol. The van der Waals surface area contributed by atoms with E-state index in [2.05, 4.69) is 5.32 Å². The first-order valence-corrected chi connectivity index (χ1v) is 5.99. The molecule has 0 radical (unpaired) electrons. The predicted octanol–water partition coefficient (Wildman–Crippen LogP) is 0.920. The first kappa shape index (κ1) is 12.7. The van der Waals surface area contributed by atoms with Crippen LogP contribution in [0.5, 0.6) is 0 Å². The van der Waals surface area contributed by atoms with E-state index in [-0.39, 0.29) is 11.9 Å². The van der Waals surface area contributed by atoms with Crippen LogP contribution < -0.4 is 11.1 Å². The lowest BCUT2D eigenvalue weighted by molar-refractivity contribution is -0.121. The summed E-state index contributed by atoms with van der Waals surface area (Å²) >= 11 is 6.45. The molecule has 5 heteroatoms. The summed E-state index contributed by atoms with van der Waals surface area (Å²) in [5.74, 6) is 0.855. The highest BCUT2D eigenvalue weighted by Crippen LogP contribution is 1.97. The van der Waals surface area contributed by atoms with Crippen LogP contribution in [-0.4, -0.2) is 28.9 Å². The third-order valence-corrected chi connectivity index (χ3v) is 2.52. The molecule has 0 aliphatic carbocycles. The minimum absolute atomic E-state index is 0.0222. The van der Waals surface area contributed by atoms with Crippen LogP contribution in [-0.2, 0) is 4.79 Å². The average molecular weight is 220 g/mol. The molecule has 3 N–H and O–H groups in total. The highest BCUT2D eigenvalue weighted by molar-refractivity contribution is 7.98. The van der Waals surface area contributed by atoms with Crippen LogP contribution in [0.15, 0.2) is 0 Å². The van der Waals surface area contributed by atoms with Crippen molar-refractivity contribution in [3.05, 3.63) is 0 Å². The van der Waals surface area contributed by atoms with Crippen molar-refractivity contribution in [2.75, 3.05) is 12.0 Å². The number of carbonyl (C=O) groups is 1. The highest BCUT2D eigenvalue weighted by Gasteiger charge is 2.11. The van der Waals surface area contributed by atoms with Gasteiger partial charge in [0.25, 0.3) is 0 Å². The minimum Gasteiger partial charge on any atom is -0.392 e. The van der Waals surface area contributed by atoms with Crippen molar-refractivity contribution < 1.29 is 4.79 Å². The Labute approximate surface area is 88.8 Å². The Balaban J connectivity index is 3.80. The van der Waals surface area contributed by atoms with Gasteiger partial charge in [0.05, 0.1) is 11.0 Å². The van der Waals surface area contributed by atoms with E-state index in [0.29, 0.717) is 11.4 Å². The summed E-state index contributed by atoms with van der Waals surface area (Å²) in [6, 6.07) is -0.149. The van der Waals surface area contributed by atoms with Gasteiger partial charge in [-0.25, -0.2) is 0 Å². The fourth-order valence-corrected chi connectivity index (χ4v) is 1.45. The third-order valence-electron chi connectivity index (χ3n) is 1.62. The molecule has 0 saturated heterocycles. The number of nitrogens with two attached hydrogens (primary N) is 1. The van der Waals surface area contributed by atoms with E-state index < -0.39 is 0 Å². The van der Waals surface area contributed by atoms with Crippen LogP contribution in [0.25, 0.3) is 0 Å². The van der Waals surface area contributed by atoms with E-state index >= 15 is 0 Å². The zero-order chi connectivity index (χ0) is 10.3. The van der Waals surface area contributed by atoms with Crippen LogP contribution in [0.2, 0.25) is 0 Å². The van der Waals surface area contributed by atoms with E-state index in [4.69, 9.17) is 18.0 Å². The molecular weight excluding hydrogens is 204 g/mol. The topological polar surface area (TPSA) is 55.1 Å². The lowest BCUT2D eigenvalue weighted by Crippen LogP contribution is -2.43. The fourth-order valence-electron chi connectivity index (χ4n) is 0.836. The highest BCUT2D eigenvalue weighted by atomic mass is 32.2. The van der Waals surface area contributed by atoms with Crippen molar-refractivity contribution in [3.8, 4) is 0 Å². The maximum absolute atomic E-state index is 11.2. The van der Waals surface area contributed by atoms with Crippen molar-refractivity contribution >= 4 is 34.9 Å². The normalized spacial score (nSPS) is 12.2. The monoisotopic (exact) mass is 220 g/mol. The van der Waals surface area contributed by atoms with Gasteiger partial charge in [0.2, 0.25) is 5.91 Å². The van der Waals surface area contributed by atoms with Gasteiger partial charge in [-0.15, -0.1) is 0 Å². The number of carbonyl (C=O) groups excluding carboxylic acids is 1. The molecule has 0 aromatic heterocycles. The van der Waals surface area contributed by atoms with Crippen LogP contribution in [0.3, 0.4) is 0 Å². The molecule has 0 bridgehead atoms. The molecule has 76 valence electrons. The van der Waals surface area contributed by atoms with Crippen molar-refractivity contribution in [1.29, 1.82) is 0 Å². The van der Waals surface area contributed by atoms with Gasteiger partial charge in [0.15, 0.2) is 0 Å². The number of hydrogen-bond donors (Lipinski definition) is 2. The second-order valence-corrected chi connectivity index (χ2v) is 4.13. The Morgan fingerprint density at radius 2 is 2.31 bits per heavy atom. The van der Waals surface area contributed by atoms with E-state index in [1.54, 1.807) is 11.8 Å². The lowest BCUT2D eigenvalue weighted by Gasteiger charge is -2.14. The maximum Gasteiger partial charge on any atom is 0.221 e. The minimum atomic E-state index is -0.149. The van der Waals surface area contributed by atoms with Crippen LogP contribution >= 0.6 is 24.0 Å². The van der Waals surface area contributed by atoms with E-state index in [0.717, 1.165) is 12.2 Å². The molecule has 0 aromatic carbocycles. The molecule has 0 heterocycles. The van der Waals surface area contributed by atoms with Crippen LogP contribution in [0.1, 0.15) is 19.8 Å². The Kier molecular flexibility index (Phi) is 6.99. The fraction of sp³-hybridized carbons (Fsp3) is 0.750. The molecule has 0 aliphatic heterocycles. The maximum atomic E-state index is 11.2. The van der Waals surface area contributed by atoms with Crippen LogP contribution in [0.4, 0.5) is 0 Å². The summed E-state index contributed by atoms with van der Waals surface area (Å²) in [6.45, 7) is 1.94. The molecule has 0 aromatic rings. The lowest BCUT2D eigenvalue weighted by atomic mass is 10.2. The molecule has 1 atom stereocenters. The van der Waals surface area contributed by atoms with Gasteiger partial charge in [0, 0.05) is 12.2 Å². The Morgan fingerprint density at radius 3 is 2.69 bits per heavy atom. The van der Waals surface area contributed by atoms with Crippen molar-refractivity contribution in [2.24, 2.45) is 5.73 Å². The molecule has 1 amide bonds. The van der Waals surface area contributed by atoms with Crippen molar-refractivity contribution in [1.82, 2.24) is 5.32 Å². The first-order valence-electron chi connectivity index (χ1n) is 4.19. The van der Waals surface area contributed by atoms with Gasteiger partial charge in [-0.05, 0) is 12.7 Å². The van der Waals surface area contributed by atoms with Gasteiger partial charge in [0.1, 0.15) is 0 Å². The summed E-state index contributed by atoms with van der Waals surface area (Å²) in [5, 5.41) is 2.78. The molecule has 1 unspecified atom stereocenters. The Morgan fingerprint density at radius 1 is 1.69 bits per heavy atom. The summed E-state index contributed by atoms with van der Waals surface area (Å²) in [7, 11) is 0. The standard InChI is InChI=1S/C8H16N2OS2/c1-3-6(8(9)12)10-7(11)4-5-13-2/h6H,3-5H2,1-2H3,(H2,9,12)(H,10,11). The van der Waals surface area contributed by atoms with E-state index in [9.17, 15) is 4.79 Å². The Hall–Kier alpha value is -0.290. The SMILES string of the molecule is CCC(NC(=O)CCSC)C(N)=S. The summed E-state index contributed by atoms with van der Waals surface area (Å²) in [5.41, 5.74) is 5.44. The second-order valence-electron chi connectivity index (χ2n) is 2.67. The molecule has 13 heavy (non-hydrogen) atoms. The van der Waals surface area contributed by atoms with Gasteiger partial charge in [-0.3, -0.25) is 4.79 Å². The van der Waals surface area contributed by atoms with Crippen LogP contribution in [0, 0.1) is 0 Å². The number of thioether (sulfide) groups is 1. The molecule has 0 rings (SSSR count). The first-order chi connectivity index (χ1) is 6.11. The summed E-state index contributed by atoms with van der Waals surface area (Å²) in [4.78, 5) is 11.6. The van der Waals surface area contributed by atoms with E-state index in [1.807, 2.05) is 13.2 Å². The van der Waals surface area contributed by atoms with Crippen molar-refractivity contribution in [3.63, 3.8) is 0 Å². The molecule has 0 spiro atoms. The molecule has 0 aliphatic rings. The molecular formula is C8H16N2OS2. The number of rotatable bonds is 6. The molecule has 0 fully saturated rings. The third kappa shape index (κ3) is 5.87. The van der Waals surface area contributed by atoms with Crippen molar-refractivity contribution in [2.45, 2.75) is 25.8 Å². The summed E-state index contributed by atoms with van der Waals surface area (Å²) in [6.07, 6.45) is 3.25. The second kappa shape index (κ2) is 7.15. The number of hydrogen-bond acceptors (Lipinski definition) is 3. The van der Waals surface area contributed by atoms with E-state index in [1.165, 1.54) is 0 Å². The molecule has 3 nitrogen and oxygen atoms in total. The number of thiocarbonyl (C=S) groups is 1. The average Bonchev–Trinajstić information content (AvgIpc) is 2.10. The van der Waals surface area contributed by atoms with Gasteiger partial charge in [-0.2, -0.15) is 11.8 Å². The number of nitrogens with one attached hydrogen (secondary N) is 1. The zero-order valence-corrected chi connectivity index (χ0v) is 9.63. The zero-order valence-electron chi connectivity index (χ0n) is 8.00. The van der Waals surface area contributed by atoms with Gasteiger partial charge < -0.3 is 11.1 Å². The smallest absolute Gasteiger partial charge is 0.221 e. The number of amides is 1. The largest absolute Gasteiger partial charge is 0.392 e. The summed E-state index contributed by atoms with van der Waals surface area (Å²) < 4.78 is 0. The van der Waals surface area contributed by atoms with Gasteiger partial charge in [-0.1, -0.05) is 19.1 Å². The molecule has 0 saturated carbocycles. The quantitative estimate of drug-likeness (QED) is 0.654.